The van der Waals surface area contributed by atoms with E-state index in [4.69, 9.17) is 0 Å². The van der Waals surface area contributed by atoms with E-state index in [-0.39, 0.29) is 0 Å². The van der Waals surface area contributed by atoms with Crippen LogP contribution in [-0.4, -0.2) is 24.0 Å². The van der Waals surface area contributed by atoms with Gasteiger partial charge in [0.2, 0.25) is 0 Å². The maximum absolute atomic E-state index is 4.06. The molecule has 0 aromatic carbocycles. The van der Waals surface area contributed by atoms with Crippen LogP contribution in [0.5, 0.6) is 0 Å². The predicted molar refractivity (Wildman–Crippen MR) is 77.3 cm³/mol. The first kappa shape index (κ1) is 14.8. The molecular formula is C16H31N. The molecule has 0 radical (unpaired) electrons. The summed E-state index contributed by atoms with van der Waals surface area (Å²) < 4.78 is 0. The first-order valence-corrected chi connectivity index (χ1v) is 7.37. The highest BCUT2D eigenvalue weighted by atomic mass is 15.2. The fourth-order valence-corrected chi connectivity index (χ4v) is 3.15. The van der Waals surface area contributed by atoms with E-state index in [0.29, 0.717) is 5.41 Å². The summed E-state index contributed by atoms with van der Waals surface area (Å²) in [5.74, 6) is 0. The molecule has 1 heterocycles. The molecule has 0 bridgehead atoms. The monoisotopic (exact) mass is 237 g/mol. The quantitative estimate of drug-likeness (QED) is 0.609. The van der Waals surface area contributed by atoms with Crippen LogP contribution in [0.15, 0.2) is 12.2 Å². The zero-order valence-electron chi connectivity index (χ0n) is 12.4. The van der Waals surface area contributed by atoms with E-state index in [1.807, 2.05) is 0 Å². The van der Waals surface area contributed by atoms with Gasteiger partial charge in [-0.15, -0.1) is 6.58 Å². The zero-order valence-corrected chi connectivity index (χ0v) is 12.4. The van der Waals surface area contributed by atoms with Crippen molar-refractivity contribution in [2.24, 2.45) is 5.41 Å². The van der Waals surface area contributed by atoms with Gasteiger partial charge in [-0.05, 0) is 71.4 Å². The Balaban J connectivity index is 2.53. The molecule has 1 saturated heterocycles. The molecule has 1 fully saturated rings. The molecule has 0 spiro atoms. The number of likely N-dealkylation sites (tertiary alicyclic amines) is 1. The van der Waals surface area contributed by atoms with Crippen molar-refractivity contribution in [1.82, 2.24) is 4.90 Å². The molecular weight excluding hydrogens is 206 g/mol. The first-order valence-electron chi connectivity index (χ1n) is 7.37. The van der Waals surface area contributed by atoms with Crippen molar-refractivity contribution in [3.63, 3.8) is 0 Å². The van der Waals surface area contributed by atoms with E-state index < -0.39 is 0 Å². The highest BCUT2D eigenvalue weighted by Crippen LogP contribution is 2.41. The van der Waals surface area contributed by atoms with E-state index in [0.717, 1.165) is 6.04 Å². The van der Waals surface area contributed by atoms with Crippen LogP contribution in [0.1, 0.15) is 66.2 Å². The number of piperidine rings is 1. The van der Waals surface area contributed by atoms with Crippen molar-refractivity contribution >= 4 is 0 Å². The third-order valence-electron chi connectivity index (χ3n) is 4.45. The number of hydrogen-bond acceptors (Lipinski definition) is 1. The Hall–Kier alpha value is -0.300. The second-order valence-corrected chi connectivity index (χ2v) is 6.34. The molecule has 1 heteroatoms. The number of allylic oxidation sites excluding steroid dienone is 1. The van der Waals surface area contributed by atoms with Gasteiger partial charge >= 0.3 is 0 Å². The van der Waals surface area contributed by atoms with Crippen LogP contribution < -0.4 is 0 Å². The Kier molecular flexibility index (Phi) is 5.72. The summed E-state index contributed by atoms with van der Waals surface area (Å²) in [5, 5.41) is 0. The Labute approximate surface area is 108 Å². The summed E-state index contributed by atoms with van der Waals surface area (Å²) in [7, 11) is 0. The van der Waals surface area contributed by atoms with Crippen LogP contribution in [0.3, 0.4) is 0 Å². The molecule has 100 valence electrons. The number of nitrogens with zero attached hydrogens (tertiary/aromatic N) is 1. The summed E-state index contributed by atoms with van der Waals surface area (Å²) in [4.78, 5) is 2.63. The van der Waals surface area contributed by atoms with Crippen LogP contribution in [0.4, 0.5) is 0 Å². The van der Waals surface area contributed by atoms with Gasteiger partial charge in [0.25, 0.3) is 0 Å². The molecule has 0 saturated carbocycles. The van der Waals surface area contributed by atoms with Crippen LogP contribution in [0.25, 0.3) is 0 Å². The van der Waals surface area contributed by atoms with E-state index >= 15 is 0 Å². The Morgan fingerprint density at radius 2 is 1.82 bits per heavy atom. The molecule has 0 aliphatic carbocycles. The molecule has 0 aromatic heterocycles. The average Bonchev–Trinajstić information content (AvgIpc) is 2.28. The lowest BCUT2D eigenvalue weighted by atomic mass is 9.71. The fraction of sp³-hybridized carbons (Fsp3) is 0.875. The van der Waals surface area contributed by atoms with E-state index in [9.17, 15) is 0 Å². The second kappa shape index (κ2) is 6.58. The fourth-order valence-electron chi connectivity index (χ4n) is 3.15. The van der Waals surface area contributed by atoms with Gasteiger partial charge in [-0.25, -0.2) is 0 Å². The highest BCUT2D eigenvalue weighted by Gasteiger charge is 2.33. The summed E-state index contributed by atoms with van der Waals surface area (Å²) in [5.41, 5.74) is 1.98. The molecule has 1 nitrogen and oxygen atoms in total. The minimum absolute atomic E-state index is 0.624. The van der Waals surface area contributed by atoms with Crippen molar-refractivity contribution in [2.45, 2.75) is 72.3 Å². The van der Waals surface area contributed by atoms with E-state index in [1.165, 1.54) is 57.2 Å². The Morgan fingerprint density at radius 1 is 1.24 bits per heavy atom. The van der Waals surface area contributed by atoms with Gasteiger partial charge in [-0.1, -0.05) is 18.9 Å². The van der Waals surface area contributed by atoms with Crippen LogP contribution >= 0.6 is 0 Å². The van der Waals surface area contributed by atoms with Crippen molar-refractivity contribution < 1.29 is 0 Å². The molecule has 0 N–H and O–H groups in total. The lowest BCUT2D eigenvalue weighted by molar-refractivity contribution is 0.0684. The van der Waals surface area contributed by atoms with Crippen molar-refractivity contribution in [3.05, 3.63) is 12.2 Å². The first-order chi connectivity index (χ1) is 7.99. The SMILES string of the molecule is C=C(C)CCC1(CCC)CCN(C(C)C)CC1. The molecule has 1 aliphatic rings. The van der Waals surface area contributed by atoms with Crippen LogP contribution in [-0.2, 0) is 0 Å². The van der Waals surface area contributed by atoms with Crippen molar-refractivity contribution in [2.75, 3.05) is 13.1 Å². The van der Waals surface area contributed by atoms with E-state index in [1.54, 1.807) is 0 Å². The number of rotatable bonds is 6. The predicted octanol–water partition coefficient (Wildman–Crippen LogP) is 4.63. The standard InChI is InChI=1S/C16H31N/c1-6-8-16(9-7-14(2)3)10-12-17(13-11-16)15(4)5/h15H,2,6-13H2,1,3-5H3. The minimum Gasteiger partial charge on any atom is -0.301 e. The van der Waals surface area contributed by atoms with E-state index in [2.05, 4.69) is 39.2 Å². The van der Waals surface area contributed by atoms with Crippen molar-refractivity contribution in [3.8, 4) is 0 Å². The lowest BCUT2D eigenvalue weighted by Crippen LogP contribution is -2.43. The smallest absolute Gasteiger partial charge is 0.00385 e. The zero-order chi connectivity index (χ0) is 12.9. The van der Waals surface area contributed by atoms with Gasteiger partial charge in [0.1, 0.15) is 0 Å². The van der Waals surface area contributed by atoms with Gasteiger partial charge in [0.05, 0.1) is 0 Å². The largest absolute Gasteiger partial charge is 0.301 e. The second-order valence-electron chi connectivity index (χ2n) is 6.34. The normalized spacial score (nSPS) is 20.8. The molecule has 0 unspecified atom stereocenters. The van der Waals surface area contributed by atoms with Gasteiger partial charge in [0, 0.05) is 6.04 Å². The van der Waals surface area contributed by atoms with Crippen molar-refractivity contribution in [1.29, 1.82) is 0 Å². The topological polar surface area (TPSA) is 3.24 Å². The lowest BCUT2D eigenvalue weighted by Gasteiger charge is -2.43. The molecule has 0 atom stereocenters. The molecule has 1 aliphatic heterocycles. The summed E-state index contributed by atoms with van der Waals surface area (Å²) in [6.07, 6.45) is 8.12. The minimum atomic E-state index is 0.624. The van der Waals surface area contributed by atoms with Gasteiger partial charge in [0.15, 0.2) is 0 Å². The maximum Gasteiger partial charge on any atom is 0.00385 e. The van der Waals surface area contributed by atoms with Crippen LogP contribution in [0.2, 0.25) is 0 Å². The average molecular weight is 237 g/mol. The Bertz CT molecular complexity index is 234. The van der Waals surface area contributed by atoms with Gasteiger partial charge < -0.3 is 4.90 Å². The van der Waals surface area contributed by atoms with Crippen LogP contribution in [0, 0.1) is 5.41 Å². The van der Waals surface area contributed by atoms with Gasteiger partial charge in [-0.2, -0.15) is 0 Å². The highest BCUT2D eigenvalue weighted by molar-refractivity contribution is 4.94. The number of hydrogen-bond donors (Lipinski definition) is 0. The summed E-state index contributed by atoms with van der Waals surface area (Å²) in [6, 6.07) is 0.718. The molecule has 0 aromatic rings. The van der Waals surface area contributed by atoms with Gasteiger partial charge in [-0.3, -0.25) is 0 Å². The third kappa shape index (κ3) is 4.46. The summed E-state index contributed by atoms with van der Waals surface area (Å²) >= 11 is 0. The Morgan fingerprint density at radius 3 is 2.24 bits per heavy atom. The third-order valence-corrected chi connectivity index (χ3v) is 4.45. The molecule has 17 heavy (non-hydrogen) atoms. The molecule has 0 amide bonds. The molecule has 1 rings (SSSR count). The maximum atomic E-state index is 4.06. The summed E-state index contributed by atoms with van der Waals surface area (Å²) in [6.45, 7) is 15.8.